The summed E-state index contributed by atoms with van der Waals surface area (Å²) >= 11 is 0. The zero-order valence-corrected chi connectivity index (χ0v) is 36.9. The Morgan fingerprint density at radius 1 is 0.411 bits per heavy atom. The van der Waals surface area contributed by atoms with Crippen LogP contribution in [-0.4, -0.2) is 8.07 Å². The molecule has 284 valence electrons. The highest BCUT2D eigenvalue weighted by molar-refractivity contribution is 7.05. The molecule has 0 unspecified atom stereocenters. The second-order valence-corrected chi connectivity index (χ2v) is 21.8. The maximum absolute atomic E-state index is 7.02. The van der Waals surface area contributed by atoms with Crippen molar-refractivity contribution in [1.29, 1.82) is 0 Å². The van der Waals surface area contributed by atoms with Crippen LogP contribution in [0, 0.1) is 83.1 Å². The van der Waals surface area contributed by atoms with Gasteiger partial charge in [0.25, 0.3) is 0 Å². The summed E-state index contributed by atoms with van der Waals surface area (Å²) in [5.74, 6) is 1.04. The molecular weight excluding hydrogens is 697 g/mol. The summed E-state index contributed by atoms with van der Waals surface area (Å²) < 4.78 is 7.02. The van der Waals surface area contributed by atoms with Crippen LogP contribution in [0.3, 0.4) is 0 Å². The average molecular weight is 753 g/mol. The molecule has 6 aromatic carbocycles. The van der Waals surface area contributed by atoms with Gasteiger partial charge in [0, 0.05) is 22.3 Å². The van der Waals surface area contributed by atoms with Crippen molar-refractivity contribution in [3.05, 3.63) is 152 Å². The number of rotatable bonds is 6. The number of furan rings is 1. The minimum atomic E-state index is -2.17. The van der Waals surface area contributed by atoms with E-state index in [1.54, 1.807) is 0 Å². The first-order chi connectivity index (χ1) is 26.5. The number of benzene rings is 6. The minimum absolute atomic E-state index is 0.956. The Morgan fingerprint density at radius 2 is 0.750 bits per heavy atom. The molecule has 0 saturated heterocycles. The molecule has 4 heteroatoms. The van der Waals surface area contributed by atoms with E-state index in [1.165, 1.54) is 111 Å². The van der Waals surface area contributed by atoms with Crippen LogP contribution in [0.15, 0.2) is 89.3 Å². The first kappa shape index (κ1) is 37.6. The predicted molar refractivity (Wildman–Crippen MR) is 245 cm³/mol. The van der Waals surface area contributed by atoms with Gasteiger partial charge in [-0.05, 0) is 168 Å². The summed E-state index contributed by atoms with van der Waals surface area (Å²) in [7, 11) is -2.17. The quantitative estimate of drug-likeness (QED) is 0.158. The van der Waals surface area contributed by atoms with Gasteiger partial charge in [-0.15, -0.1) is 0 Å². The van der Waals surface area contributed by atoms with Crippen LogP contribution >= 0.6 is 0 Å². The molecule has 0 N–H and O–H groups in total. The van der Waals surface area contributed by atoms with Gasteiger partial charge in [0.2, 0.25) is 0 Å². The lowest BCUT2D eigenvalue weighted by atomic mass is 9.98. The van der Waals surface area contributed by atoms with Crippen LogP contribution in [0.2, 0.25) is 13.1 Å². The number of anilines is 6. The zero-order chi connectivity index (χ0) is 40.1. The Kier molecular flexibility index (Phi) is 9.00. The fourth-order valence-electron chi connectivity index (χ4n) is 10.4. The molecule has 0 saturated carbocycles. The van der Waals surface area contributed by atoms with Crippen LogP contribution in [0.5, 0.6) is 0 Å². The molecular formula is C52H56N2OSi. The Balaban J connectivity index is 1.35. The van der Waals surface area contributed by atoms with E-state index in [9.17, 15) is 0 Å². The maximum Gasteiger partial charge on any atom is 0.135 e. The number of nitrogens with zero attached hydrogens (tertiary/aromatic N) is 2. The van der Waals surface area contributed by atoms with Gasteiger partial charge in [-0.25, -0.2) is 0 Å². The fraction of sp³-hybridized carbons (Fsp3) is 0.269. The smallest absolute Gasteiger partial charge is 0.135 e. The molecule has 8 rings (SSSR count). The molecule has 0 bridgehead atoms. The predicted octanol–water partition coefficient (Wildman–Crippen LogP) is 13.9. The van der Waals surface area contributed by atoms with Gasteiger partial charge < -0.3 is 14.2 Å². The normalized spacial score (nSPS) is 13.0. The highest BCUT2D eigenvalue weighted by Crippen LogP contribution is 2.47. The van der Waals surface area contributed by atoms with E-state index in [-0.39, 0.29) is 0 Å². The Hall–Kier alpha value is -5.32. The summed E-state index contributed by atoms with van der Waals surface area (Å²) in [6.45, 7) is 31.8. The highest BCUT2D eigenvalue weighted by Gasteiger charge is 2.43. The third-order valence-electron chi connectivity index (χ3n) is 12.2. The van der Waals surface area contributed by atoms with Crippen molar-refractivity contribution in [2.45, 2.75) is 96.2 Å². The van der Waals surface area contributed by atoms with E-state index in [0.29, 0.717) is 0 Å². The molecule has 0 spiro atoms. The zero-order valence-electron chi connectivity index (χ0n) is 35.9. The topological polar surface area (TPSA) is 19.6 Å². The van der Waals surface area contributed by atoms with Crippen molar-refractivity contribution < 1.29 is 4.42 Å². The highest BCUT2D eigenvalue weighted by atomic mass is 28.3. The lowest BCUT2D eigenvalue weighted by molar-refractivity contribution is 0.635. The van der Waals surface area contributed by atoms with Crippen LogP contribution in [0.1, 0.15) is 66.8 Å². The fourth-order valence-corrected chi connectivity index (χ4v) is 13.7. The van der Waals surface area contributed by atoms with Crippen molar-refractivity contribution in [3.8, 4) is 11.3 Å². The largest absolute Gasteiger partial charge is 0.456 e. The Labute approximate surface area is 335 Å². The number of hydrogen-bond acceptors (Lipinski definition) is 3. The third-order valence-corrected chi connectivity index (χ3v) is 15.7. The van der Waals surface area contributed by atoms with Gasteiger partial charge in [-0.1, -0.05) is 89.9 Å². The summed E-state index contributed by atoms with van der Waals surface area (Å²) in [5.41, 5.74) is 24.8. The van der Waals surface area contributed by atoms with Crippen molar-refractivity contribution in [2.75, 3.05) is 9.80 Å². The summed E-state index contributed by atoms with van der Waals surface area (Å²) in [6.07, 6.45) is 0. The average Bonchev–Trinajstić information content (AvgIpc) is 3.57. The first-order valence-electron chi connectivity index (χ1n) is 20.1. The first-order valence-corrected chi connectivity index (χ1v) is 23.1. The van der Waals surface area contributed by atoms with Crippen molar-refractivity contribution in [1.82, 2.24) is 0 Å². The lowest BCUT2D eigenvalue weighted by Crippen LogP contribution is -2.49. The van der Waals surface area contributed by atoms with E-state index < -0.39 is 8.07 Å². The second kappa shape index (κ2) is 13.4. The van der Waals surface area contributed by atoms with Crippen LogP contribution in [0.4, 0.5) is 34.1 Å². The van der Waals surface area contributed by atoms with Gasteiger partial charge in [0.1, 0.15) is 19.4 Å². The SMILES string of the molecule is Cc1cc(C)c(N(c2ccc3c(c2)-c2oc4ccc(N(c5c(C)cc(C)cc5C)c5c(C)cc(C)cc5C)cc4c2[Si]3(C)C)c2c(C)cc(C)cc2C)c(C)c1. The Morgan fingerprint density at radius 3 is 1.12 bits per heavy atom. The van der Waals surface area contributed by atoms with E-state index in [1.807, 2.05) is 0 Å². The summed E-state index contributed by atoms with van der Waals surface area (Å²) in [6, 6.07) is 32.6. The van der Waals surface area contributed by atoms with E-state index in [2.05, 4.69) is 191 Å². The molecule has 0 aliphatic carbocycles. The molecule has 7 aromatic rings. The van der Waals surface area contributed by atoms with Gasteiger partial charge in [0.05, 0.1) is 22.7 Å². The molecule has 0 radical (unpaired) electrons. The van der Waals surface area contributed by atoms with Crippen LogP contribution < -0.4 is 20.2 Å². The molecule has 0 atom stereocenters. The van der Waals surface area contributed by atoms with Gasteiger partial charge in [-0.3, -0.25) is 0 Å². The lowest BCUT2D eigenvalue weighted by Gasteiger charge is -2.32. The number of fused-ring (bicyclic) bond motifs is 5. The molecule has 1 aliphatic heterocycles. The molecule has 2 heterocycles. The van der Waals surface area contributed by atoms with Crippen molar-refractivity contribution in [3.63, 3.8) is 0 Å². The molecule has 3 nitrogen and oxygen atoms in total. The summed E-state index contributed by atoms with van der Waals surface area (Å²) in [4.78, 5) is 5.02. The maximum atomic E-state index is 7.02. The number of hydrogen-bond donors (Lipinski definition) is 0. The molecule has 0 amide bonds. The summed E-state index contributed by atoms with van der Waals surface area (Å²) in [5, 5.41) is 4.06. The second-order valence-electron chi connectivity index (χ2n) is 17.5. The Bertz CT molecular complexity index is 2560. The third kappa shape index (κ3) is 5.92. The monoisotopic (exact) mass is 752 g/mol. The number of aryl methyl sites for hydroxylation is 12. The van der Waals surface area contributed by atoms with E-state index in [4.69, 9.17) is 4.42 Å². The van der Waals surface area contributed by atoms with E-state index >= 15 is 0 Å². The van der Waals surface area contributed by atoms with Gasteiger partial charge in [-0.2, -0.15) is 0 Å². The van der Waals surface area contributed by atoms with E-state index in [0.717, 1.165) is 22.7 Å². The van der Waals surface area contributed by atoms with Crippen molar-refractivity contribution >= 4 is 63.5 Å². The van der Waals surface area contributed by atoms with Crippen LogP contribution in [0.25, 0.3) is 22.3 Å². The van der Waals surface area contributed by atoms with Gasteiger partial charge in [0.15, 0.2) is 0 Å². The molecule has 0 fully saturated rings. The van der Waals surface area contributed by atoms with Crippen molar-refractivity contribution in [2.24, 2.45) is 0 Å². The standard InChI is InChI=1S/C52H56N2OSi/c1-29-19-33(5)47(34(6)20-29)53(48-35(7)21-30(2)22-36(48)8)41-15-17-45-43(27-41)52-51(55-45)44-28-42(16-18-46(44)56(52,13)14)54(49-37(9)23-31(3)24-38(49)10)50-39(11)25-32(4)26-40(50)12/h15-28H,1-14H3. The van der Waals surface area contributed by atoms with Gasteiger partial charge >= 0.3 is 0 Å². The minimum Gasteiger partial charge on any atom is -0.456 e. The molecule has 1 aliphatic rings. The van der Waals surface area contributed by atoms with Crippen LogP contribution in [-0.2, 0) is 0 Å². The molecule has 1 aromatic heterocycles. The molecule has 56 heavy (non-hydrogen) atoms.